The van der Waals surface area contributed by atoms with Gasteiger partial charge in [-0.1, -0.05) is 13.8 Å². The first-order chi connectivity index (χ1) is 15.9. The molecule has 3 aromatic heterocycles. The van der Waals surface area contributed by atoms with Crippen molar-refractivity contribution in [1.82, 2.24) is 30.2 Å². The first-order valence-electron chi connectivity index (χ1n) is 10.9. The van der Waals surface area contributed by atoms with Crippen molar-refractivity contribution in [3.05, 3.63) is 47.0 Å². The van der Waals surface area contributed by atoms with Crippen molar-refractivity contribution in [3.8, 4) is 5.88 Å². The summed E-state index contributed by atoms with van der Waals surface area (Å²) in [6.45, 7) is 4.37. The van der Waals surface area contributed by atoms with Crippen molar-refractivity contribution >= 4 is 11.7 Å². The first kappa shape index (κ1) is 22.8. The molecule has 0 aromatic carbocycles. The van der Waals surface area contributed by atoms with Crippen LogP contribution in [0.5, 0.6) is 5.88 Å². The molecule has 3 aromatic rings. The Balaban J connectivity index is 1.40. The average Bonchev–Trinajstić information content (AvgIpc) is 3.48. The Morgan fingerprint density at radius 1 is 1.36 bits per heavy atom. The second-order valence-electron chi connectivity index (χ2n) is 8.53. The van der Waals surface area contributed by atoms with Crippen LogP contribution in [-0.2, 0) is 18.4 Å². The lowest BCUT2D eigenvalue weighted by Gasteiger charge is -2.18. The van der Waals surface area contributed by atoms with Crippen LogP contribution in [0, 0.1) is 0 Å². The quantitative estimate of drug-likeness (QED) is 0.533. The number of ether oxygens (including phenoxy) is 2. The lowest BCUT2D eigenvalue weighted by Crippen LogP contribution is -2.23. The monoisotopic (exact) mass is 457 g/mol. The van der Waals surface area contributed by atoms with Crippen molar-refractivity contribution < 1.29 is 18.7 Å². The van der Waals surface area contributed by atoms with Gasteiger partial charge in [0.1, 0.15) is 18.0 Å². The van der Waals surface area contributed by atoms with Crippen LogP contribution < -0.4 is 10.1 Å². The number of nitrogens with one attached hydrogen (secondary N) is 2. The molecule has 33 heavy (non-hydrogen) atoms. The lowest BCUT2D eigenvalue weighted by atomic mass is 10.0. The Kier molecular flexibility index (Phi) is 6.68. The molecule has 11 heteroatoms. The van der Waals surface area contributed by atoms with Crippen molar-refractivity contribution in [2.24, 2.45) is 7.05 Å². The van der Waals surface area contributed by atoms with Gasteiger partial charge >= 0.3 is 0 Å². The number of hydrogen-bond acceptors (Lipinski definition) is 7. The number of carbonyl (C=O) groups excluding carboxylic acids is 1. The van der Waals surface area contributed by atoms with E-state index in [2.05, 4.69) is 30.8 Å². The average molecular weight is 458 g/mol. The van der Waals surface area contributed by atoms with E-state index in [0.29, 0.717) is 42.5 Å². The molecule has 1 aliphatic carbocycles. The summed E-state index contributed by atoms with van der Waals surface area (Å²) in [4.78, 5) is 12.6. The molecule has 176 valence electrons. The van der Waals surface area contributed by atoms with Crippen molar-refractivity contribution in [2.45, 2.75) is 57.4 Å². The van der Waals surface area contributed by atoms with Gasteiger partial charge in [-0.3, -0.25) is 14.6 Å². The molecule has 0 aliphatic heterocycles. The predicted molar refractivity (Wildman–Crippen MR) is 118 cm³/mol. The minimum atomic E-state index is -1.15. The van der Waals surface area contributed by atoms with Crippen LogP contribution in [0.15, 0.2) is 24.4 Å². The Morgan fingerprint density at radius 2 is 2.18 bits per heavy atom. The number of amides is 1. The number of rotatable bonds is 8. The molecular formula is C22H28FN7O3. The summed E-state index contributed by atoms with van der Waals surface area (Å²) < 4.78 is 27.3. The van der Waals surface area contributed by atoms with Crippen LogP contribution in [0.1, 0.15) is 66.0 Å². The highest BCUT2D eigenvalue weighted by atomic mass is 19.1. The molecule has 0 bridgehead atoms. The van der Waals surface area contributed by atoms with Crippen LogP contribution in [0.25, 0.3) is 0 Å². The number of aromatic amines is 1. The van der Waals surface area contributed by atoms with Crippen LogP contribution in [0.3, 0.4) is 0 Å². The number of carbonyl (C=O) groups is 1. The minimum absolute atomic E-state index is 0.118. The van der Waals surface area contributed by atoms with Crippen LogP contribution in [0.2, 0.25) is 0 Å². The number of methoxy groups -OCH3 is 1. The maximum Gasteiger partial charge on any atom is 0.275 e. The molecule has 0 spiro atoms. The second kappa shape index (κ2) is 9.65. The minimum Gasteiger partial charge on any atom is -0.470 e. The number of aryl methyl sites for hydroxylation is 1. The van der Waals surface area contributed by atoms with Gasteiger partial charge in [-0.15, -0.1) is 5.10 Å². The molecule has 3 atom stereocenters. The van der Waals surface area contributed by atoms with Crippen molar-refractivity contribution in [3.63, 3.8) is 0 Å². The summed E-state index contributed by atoms with van der Waals surface area (Å²) in [5, 5.41) is 22.0. The topological polar surface area (TPSA) is 120 Å². The Morgan fingerprint density at radius 3 is 2.94 bits per heavy atom. The van der Waals surface area contributed by atoms with Crippen LogP contribution >= 0.6 is 0 Å². The number of alkyl halides is 1. The molecule has 1 aliphatic rings. The van der Waals surface area contributed by atoms with Gasteiger partial charge in [0.25, 0.3) is 5.91 Å². The molecule has 4 rings (SSSR count). The fourth-order valence-electron chi connectivity index (χ4n) is 4.07. The molecule has 10 nitrogen and oxygen atoms in total. The Bertz CT molecular complexity index is 1110. The van der Waals surface area contributed by atoms with Gasteiger partial charge < -0.3 is 14.8 Å². The van der Waals surface area contributed by atoms with Gasteiger partial charge in [-0.05, 0) is 30.9 Å². The number of hydrogen-bond donors (Lipinski definition) is 2. The van der Waals surface area contributed by atoms with Crippen LogP contribution in [0.4, 0.5) is 10.2 Å². The largest absolute Gasteiger partial charge is 0.470 e. The van der Waals surface area contributed by atoms with Gasteiger partial charge in [0.05, 0.1) is 18.5 Å². The Labute approximate surface area is 190 Å². The molecule has 0 saturated heterocycles. The molecule has 3 heterocycles. The van der Waals surface area contributed by atoms with Gasteiger partial charge in [-0.2, -0.15) is 15.3 Å². The second-order valence-corrected chi connectivity index (χ2v) is 8.53. The van der Waals surface area contributed by atoms with Crippen LogP contribution in [-0.4, -0.2) is 55.5 Å². The number of aromatic nitrogens is 6. The zero-order valence-corrected chi connectivity index (χ0v) is 19.1. The van der Waals surface area contributed by atoms with E-state index in [-0.39, 0.29) is 17.7 Å². The van der Waals surface area contributed by atoms with E-state index in [1.54, 1.807) is 32.5 Å². The van der Waals surface area contributed by atoms with Gasteiger partial charge in [0.2, 0.25) is 5.88 Å². The fourth-order valence-corrected chi connectivity index (χ4v) is 4.07. The van der Waals surface area contributed by atoms with E-state index in [4.69, 9.17) is 9.47 Å². The van der Waals surface area contributed by atoms with Gasteiger partial charge in [-0.25, -0.2) is 4.39 Å². The molecule has 0 radical (unpaired) electrons. The van der Waals surface area contributed by atoms with E-state index in [9.17, 15) is 9.18 Å². The zero-order chi connectivity index (χ0) is 23.5. The van der Waals surface area contributed by atoms with E-state index in [1.807, 2.05) is 19.9 Å². The standard InChI is InChI=1S/C22H28FN7O3/c1-12(2)15-5-6-24-28-22(15)33-19-8-13(7-16(19)23)17-10-20(27-26-17)25-21(31)18-9-14(11-32-4)29-30(18)3/h5-6,9-10,12-13,16,19H,7-8,11H2,1-4H3,(H2,25,26,27,31)/t13-,16+,19-/m1/s1. The number of halogens is 1. The third-order valence-electron chi connectivity index (χ3n) is 5.77. The maximum absolute atomic E-state index is 14.8. The SMILES string of the molecule is COCc1cc(C(=O)Nc2cc([C@@H]3C[C@H](F)[C@H](Oc4nnccc4C(C)C)C3)[nH]n2)n(C)n1. The summed E-state index contributed by atoms with van der Waals surface area (Å²) >= 11 is 0. The molecule has 1 fully saturated rings. The van der Waals surface area contributed by atoms with E-state index < -0.39 is 12.3 Å². The molecule has 1 amide bonds. The molecule has 2 N–H and O–H groups in total. The van der Waals surface area contributed by atoms with E-state index in [1.165, 1.54) is 4.68 Å². The summed E-state index contributed by atoms with van der Waals surface area (Å²) in [7, 11) is 3.25. The summed E-state index contributed by atoms with van der Waals surface area (Å²) in [6, 6.07) is 5.24. The third kappa shape index (κ3) is 5.03. The number of H-pyrrole nitrogens is 1. The first-order valence-corrected chi connectivity index (χ1v) is 10.9. The predicted octanol–water partition coefficient (Wildman–Crippen LogP) is 3.12. The maximum atomic E-state index is 14.8. The smallest absolute Gasteiger partial charge is 0.275 e. The highest BCUT2D eigenvalue weighted by Gasteiger charge is 2.38. The van der Waals surface area contributed by atoms with Gasteiger partial charge in [0, 0.05) is 37.4 Å². The Hall–Kier alpha value is -3.34. The number of nitrogens with zero attached hydrogens (tertiary/aromatic N) is 5. The van der Waals surface area contributed by atoms with Crippen molar-refractivity contribution in [1.29, 1.82) is 0 Å². The van der Waals surface area contributed by atoms with E-state index >= 15 is 0 Å². The highest BCUT2D eigenvalue weighted by molar-refractivity contribution is 6.02. The zero-order valence-electron chi connectivity index (χ0n) is 19.1. The van der Waals surface area contributed by atoms with E-state index in [0.717, 1.165) is 11.3 Å². The molecule has 0 unspecified atom stereocenters. The van der Waals surface area contributed by atoms with Gasteiger partial charge in [0.15, 0.2) is 5.82 Å². The summed E-state index contributed by atoms with van der Waals surface area (Å²) in [5.41, 5.74) is 2.68. The summed E-state index contributed by atoms with van der Waals surface area (Å²) in [5.74, 6) is 0.467. The van der Waals surface area contributed by atoms with Crippen molar-refractivity contribution in [2.75, 3.05) is 12.4 Å². The fraction of sp³-hybridized carbons (Fsp3) is 0.500. The lowest BCUT2D eigenvalue weighted by molar-refractivity contribution is 0.101. The molecular weight excluding hydrogens is 429 g/mol. The third-order valence-corrected chi connectivity index (χ3v) is 5.77. The summed E-state index contributed by atoms with van der Waals surface area (Å²) in [6.07, 6.45) is 0.593. The number of anilines is 1. The highest BCUT2D eigenvalue weighted by Crippen LogP contribution is 2.39. The normalized spacial score (nSPS) is 20.4. The molecule has 1 saturated carbocycles.